The third-order valence-corrected chi connectivity index (χ3v) is 7.36. The fourth-order valence-electron chi connectivity index (χ4n) is 5.10. The number of hydrogen-bond acceptors (Lipinski definition) is 7. The molecule has 2 aromatic carbocycles. The maximum atomic E-state index is 6.56. The third-order valence-electron chi connectivity index (χ3n) is 7.36. The average Bonchev–Trinajstić information content (AvgIpc) is 3.00. The summed E-state index contributed by atoms with van der Waals surface area (Å²) in [6, 6.07) is 15.3. The van der Waals surface area contributed by atoms with Crippen molar-refractivity contribution in [2.45, 2.75) is 54.0 Å². The largest absolute Gasteiger partial charge is 0.385 e. The van der Waals surface area contributed by atoms with Crippen molar-refractivity contribution < 1.29 is 0 Å². The second-order valence-corrected chi connectivity index (χ2v) is 10.2. The monoisotopic (exact) mass is 572 g/mol. The summed E-state index contributed by atoms with van der Waals surface area (Å²) in [7, 11) is 5.45. The van der Waals surface area contributed by atoms with Crippen molar-refractivity contribution in [3.05, 3.63) is 88.8 Å². The number of pyridine rings is 1. The molecule has 1 saturated heterocycles. The van der Waals surface area contributed by atoms with E-state index >= 15 is 0 Å². The molecule has 0 radical (unpaired) electrons. The lowest BCUT2D eigenvalue weighted by atomic mass is 9.98. The minimum absolute atomic E-state index is 0.343. The van der Waals surface area contributed by atoms with Crippen LogP contribution in [0.15, 0.2) is 60.2 Å². The van der Waals surface area contributed by atoms with Crippen LogP contribution < -0.4 is 31.9 Å². The number of benzene rings is 2. The van der Waals surface area contributed by atoms with E-state index in [0.29, 0.717) is 11.9 Å². The Morgan fingerprint density at radius 1 is 1.12 bits per heavy atom. The third kappa shape index (κ3) is 8.33. The molecule has 1 atom stereocenters. The van der Waals surface area contributed by atoms with E-state index in [0.717, 1.165) is 54.5 Å². The summed E-state index contributed by atoms with van der Waals surface area (Å²) in [6.07, 6.45) is 2.69. The molecule has 1 aliphatic heterocycles. The molecule has 0 saturated carbocycles. The van der Waals surface area contributed by atoms with E-state index in [1.165, 1.54) is 35.0 Å². The molecule has 6 N–H and O–H groups in total. The molecule has 1 aliphatic rings. The van der Waals surface area contributed by atoms with Gasteiger partial charge >= 0.3 is 0 Å². The van der Waals surface area contributed by atoms with Crippen LogP contribution in [0.4, 0.5) is 22.9 Å². The summed E-state index contributed by atoms with van der Waals surface area (Å²) in [5, 5.41) is 6.75. The Labute approximate surface area is 253 Å². The zero-order valence-corrected chi connectivity index (χ0v) is 27.2. The van der Waals surface area contributed by atoms with Crippen LogP contribution >= 0.6 is 0 Å². The van der Waals surface area contributed by atoms with E-state index in [4.69, 9.17) is 15.7 Å². The van der Waals surface area contributed by atoms with Gasteiger partial charge in [-0.25, -0.2) is 9.98 Å². The van der Waals surface area contributed by atoms with Crippen molar-refractivity contribution in [1.82, 2.24) is 10.3 Å². The van der Waals surface area contributed by atoms with Crippen LogP contribution in [0.3, 0.4) is 0 Å². The minimum atomic E-state index is 0.343. The summed E-state index contributed by atoms with van der Waals surface area (Å²) in [5.74, 6) is 1.35. The summed E-state index contributed by atoms with van der Waals surface area (Å²) in [6.45, 7) is 19.1. The van der Waals surface area contributed by atoms with E-state index in [2.05, 4.69) is 85.0 Å². The number of rotatable bonds is 8. The number of anilines is 3. The van der Waals surface area contributed by atoms with E-state index in [1.807, 2.05) is 52.0 Å². The molecule has 42 heavy (non-hydrogen) atoms. The van der Waals surface area contributed by atoms with E-state index < -0.39 is 0 Å². The van der Waals surface area contributed by atoms with Gasteiger partial charge in [0.05, 0.1) is 11.4 Å². The van der Waals surface area contributed by atoms with Crippen molar-refractivity contribution in [3.8, 4) is 0 Å². The number of aryl methyl sites for hydroxylation is 3. The number of piperazine rings is 1. The van der Waals surface area contributed by atoms with Crippen LogP contribution in [-0.2, 0) is 6.42 Å². The van der Waals surface area contributed by atoms with Gasteiger partial charge in [0.1, 0.15) is 11.5 Å². The fourth-order valence-corrected chi connectivity index (χ4v) is 5.10. The molecule has 1 fully saturated rings. The van der Waals surface area contributed by atoms with Gasteiger partial charge < -0.3 is 31.9 Å². The quantitative estimate of drug-likeness (QED) is 0.204. The zero-order valence-electron chi connectivity index (χ0n) is 27.2. The lowest BCUT2D eigenvalue weighted by Gasteiger charge is -2.36. The molecule has 3 aromatic rings. The van der Waals surface area contributed by atoms with Crippen LogP contribution in [-0.4, -0.2) is 57.6 Å². The first-order chi connectivity index (χ1) is 20.2. The number of aliphatic imine (C=N–C) groups is 1. The van der Waals surface area contributed by atoms with Crippen LogP contribution in [0.5, 0.6) is 0 Å². The number of nitrogens with one attached hydrogen (secondary N) is 2. The number of aromatic nitrogens is 1. The molecule has 2 heterocycles. The van der Waals surface area contributed by atoms with Crippen molar-refractivity contribution >= 4 is 28.7 Å². The molecule has 0 spiro atoms. The molecule has 0 amide bonds. The molecule has 1 unspecified atom stereocenters. The topological polar surface area (TPSA) is 108 Å². The summed E-state index contributed by atoms with van der Waals surface area (Å²) >= 11 is 0. The Morgan fingerprint density at radius 3 is 2.43 bits per heavy atom. The maximum Gasteiger partial charge on any atom is 0.153 e. The van der Waals surface area contributed by atoms with Gasteiger partial charge in [-0.3, -0.25) is 0 Å². The molecule has 228 valence electrons. The number of hydrogen-bond donors (Lipinski definition) is 4. The predicted octanol–water partition coefficient (Wildman–Crippen LogP) is 5.66. The van der Waals surface area contributed by atoms with Crippen molar-refractivity contribution in [3.63, 3.8) is 0 Å². The standard InChI is InChI=1S/C31H41N7.C2H6.CH5N/c1-8-37(7)28-12-9-24(15-21(28)3)18-25-10-11-26(16-20(25)2)35-30(32)29-22(4)17-27(33-6)31(36-29)38-14-13-34-19-23(38)5;2*1-2/h8-12,15-17,23,33-34H,1,13-14,18-19H2,2-7H3,(H2,32,35);1-2H3;2H2,1H3. The minimum Gasteiger partial charge on any atom is -0.385 e. The lowest BCUT2D eigenvalue weighted by Crippen LogP contribution is -2.50. The van der Waals surface area contributed by atoms with Gasteiger partial charge in [0, 0.05) is 45.5 Å². The highest BCUT2D eigenvalue weighted by Gasteiger charge is 2.23. The first-order valence-corrected chi connectivity index (χ1v) is 14.8. The van der Waals surface area contributed by atoms with Crippen molar-refractivity contribution in [2.24, 2.45) is 16.5 Å². The first-order valence-electron chi connectivity index (χ1n) is 14.8. The smallest absolute Gasteiger partial charge is 0.153 e. The number of amidine groups is 1. The van der Waals surface area contributed by atoms with Gasteiger partial charge in [-0.05, 0) is 99.4 Å². The highest BCUT2D eigenvalue weighted by Crippen LogP contribution is 2.29. The van der Waals surface area contributed by atoms with Crippen LogP contribution in [0.2, 0.25) is 0 Å². The molecule has 1 aromatic heterocycles. The summed E-state index contributed by atoms with van der Waals surface area (Å²) in [4.78, 5) is 14.2. The Balaban J connectivity index is 0.00000148. The van der Waals surface area contributed by atoms with Crippen molar-refractivity contribution in [2.75, 3.05) is 55.9 Å². The predicted molar refractivity (Wildman–Crippen MR) is 184 cm³/mol. The van der Waals surface area contributed by atoms with E-state index in [-0.39, 0.29) is 0 Å². The lowest BCUT2D eigenvalue weighted by molar-refractivity contribution is 0.497. The van der Waals surface area contributed by atoms with Crippen LogP contribution in [0, 0.1) is 20.8 Å². The Hall–Kier alpha value is -3.88. The maximum absolute atomic E-state index is 6.56. The molecule has 8 heteroatoms. The number of nitrogens with zero attached hydrogens (tertiary/aromatic N) is 4. The van der Waals surface area contributed by atoms with Gasteiger partial charge in [0.25, 0.3) is 0 Å². The SMILES string of the molecule is C=CN(C)c1ccc(Cc2ccc(N=C(N)c3nc(N4CCNCC4C)c(NC)cc3C)cc2C)cc1C.CC.CN. The van der Waals surface area contributed by atoms with Gasteiger partial charge in [0.15, 0.2) is 5.82 Å². The van der Waals surface area contributed by atoms with Gasteiger partial charge in [-0.2, -0.15) is 0 Å². The second-order valence-electron chi connectivity index (χ2n) is 10.2. The fraction of sp³-hybridized carbons (Fsp3) is 0.412. The molecule has 8 nitrogen and oxygen atoms in total. The Bertz CT molecular complexity index is 1350. The normalized spacial score (nSPS) is 14.7. The van der Waals surface area contributed by atoms with E-state index in [1.54, 1.807) is 0 Å². The molecule has 4 rings (SSSR count). The van der Waals surface area contributed by atoms with Crippen molar-refractivity contribution in [1.29, 1.82) is 0 Å². The molecule has 0 bridgehead atoms. The molecule has 0 aliphatic carbocycles. The zero-order chi connectivity index (χ0) is 31.4. The highest BCUT2D eigenvalue weighted by atomic mass is 15.3. The second kappa shape index (κ2) is 16.5. The summed E-state index contributed by atoms with van der Waals surface area (Å²) in [5.41, 5.74) is 20.8. The summed E-state index contributed by atoms with van der Waals surface area (Å²) < 4.78 is 0. The Morgan fingerprint density at radius 2 is 1.83 bits per heavy atom. The molecular formula is C34H52N8. The van der Waals surface area contributed by atoms with Gasteiger partial charge in [-0.1, -0.05) is 38.6 Å². The first kappa shape index (κ1) is 34.3. The van der Waals surface area contributed by atoms with Gasteiger partial charge in [-0.15, -0.1) is 0 Å². The highest BCUT2D eigenvalue weighted by molar-refractivity contribution is 5.99. The average molecular weight is 573 g/mol. The van der Waals surface area contributed by atoms with Crippen LogP contribution in [0.1, 0.15) is 54.3 Å². The molecular weight excluding hydrogens is 520 g/mol. The number of nitrogens with two attached hydrogens (primary N) is 2. The van der Waals surface area contributed by atoms with Crippen LogP contribution in [0.25, 0.3) is 0 Å². The Kier molecular flexibility index (Phi) is 13.5. The van der Waals surface area contributed by atoms with E-state index in [9.17, 15) is 0 Å². The van der Waals surface area contributed by atoms with Gasteiger partial charge in [0.2, 0.25) is 0 Å².